The summed E-state index contributed by atoms with van der Waals surface area (Å²) in [4.78, 5) is 27.5. The van der Waals surface area contributed by atoms with E-state index in [1.165, 1.54) is 18.2 Å². The normalized spacial score (nSPS) is 19.7. The number of nitrogens with zero attached hydrogens (tertiary/aromatic N) is 1. The number of amides is 1. The van der Waals surface area contributed by atoms with Crippen molar-refractivity contribution >= 4 is 23.6 Å². The number of nitrogens with two attached hydrogens (primary N) is 1. The zero-order valence-corrected chi connectivity index (χ0v) is 18.8. The van der Waals surface area contributed by atoms with Crippen LogP contribution < -0.4 is 11.1 Å². The summed E-state index contributed by atoms with van der Waals surface area (Å²) < 4.78 is 4.89. The van der Waals surface area contributed by atoms with Gasteiger partial charge in [-0.1, -0.05) is 44.5 Å². The number of carbonyl (C=O) groups is 2. The number of esters is 1. The zero-order chi connectivity index (χ0) is 21.4. The number of nitrogens with one attached hydrogen (secondary N) is 1. The van der Waals surface area contributed by atoms with Gasteiger partial charge in [0.2, 0.25) is 5.91 Å². The highest BCUT2D eigenvalue weighted by Gasteiger charge is 2.34. The molecule has 0 aromatic heterocycles. The second-order valence-electron chi connectivity index (χ2n) is 7.83. The predicted octanol–water partition coefficient (Wildman–Crippen LogP) is 2.20. The standard InChI is InChI=1S/C22H35N3O3S/c1-5-15(2)18(23)14-25-13-17-9-7-6-8-16(17)12-20(25)21(26)24-19(10-11-29-4)22(27)28-3/h6-9,15,18-20H,5,10-14,23H2,1-4H3,(H,24,26)/t15-,18+,19?,20-/m0/s1. The molecule has 0 fully saturated rings. The summed E-state index contributed by atoms with van der Waals surface area (Å²) in [5, 5.41) is 2.94. The second kappa shape index (κ2) is 11.6. The summed E-state index contributed by atoms with van der Waals surface area (Å²) in [6, 6.07) is 7.25. The molecule has 0 radical (unpaired) electrons. The van der Waals surface area contributed by atoms with Gasteiger partial charge in [0.25, 0.3) is 0 Å². The number of methoxy groups -OCH3 is 1. The minimum Gasteiger partial charge on any atom is -0.467 e. The van der Waals surface area contributed by atoms with E-state index in [0.717, 1.165) is 12.2 Å². The van der Waals surface area contributed by atoms with E-state index in [2.05, 4.69) is 36.2 Å². The van der Waals surface area contributed by atoms with Crippen molar-refractivity contribution in [2.75, 3.05) is 25.7 Å². The third-order valence-corrected chi connectivity index (χ3v) is 6.53. The molecule has 0 spiro atoms. The number of thioether (sulfide) groups is 1. The Kier molecular flexibility index (Phi) is 9.46. The van der Waals surface area contributed by atoms with Gasteiger partial charge in [-0.05, 0) is 41.9 Å². The van der Waals surface area contributed by atoms with Crippen LogP contribution in [-0.4, -0.2) is 60.6 Å². The molecule has 29 heavy (non-hydrogen) atoms. The Hall–Kier alpha value is -1.57. The first-order valence-electron chi connectivity index (χ1n) is 10.3. The Morgan fingerprint density at radius 1 is 1.34 bits per heavy atom. The smallest absolute Gasteiger partial charge is 0.328 e. The molecule has 4 atom stereocenters. The van der Waals surface area contributed by atoms with Gasteiger partial charge >= 0.3 is 5.97 Å². The van der Waals surface area contributed by atoms with Crippen LogP contribution in [0.3, 0.4) is 0 Å². The average molecular weight is 422 g/mol. The lowest BCUT2D eigenvalue weighted by atomic mass is 9.91. The molecular formula is C22H35N3O3S. The molecule has 1 heterocycles. The number of hydrogen-bond acceptors (Lipinski definition) is 6. The first kappa shape index (κ1) is 23.7. The average Bonchev–Trinajstić information content (AvgIpc) is 2.74. The van der Waals surface area contributed by atoms with E-state index in [9.17, 15) is 9.59 Å². The number of fused-ring (bicyclic) bond motifs is 1. The van der Waals surface area contributed by atoms with Crippen molar-refractivity contribution in [3.8, 4) is 0 Å². The van der Waals surface area contributed by atoms with Crippen molar-refractivity contribution in [2.45, 2.75) is 57.8 Å². The fourth-order valence-electron chi connectivity index (χ4n) is 3.68. The van der Waals surface area contributed by atoms with E-state index in [1.807, 2.05) is 18.4 Å². The Balaban J connectivity index is 2.19. The van der Waals surface area contributed by atoms with Crippen molar-refractivity contribution in [1.82, 2.24) is 10.2 Å². The summed E-state index contributed by atoms with van der Waals surface area (Å²) in [6.45, 7) is 5.61. The molecule has 2 rings (SSSR count). The van der Waals surface area contributed by atoms with Gasteiger partial charge in [-0.3, -0.25) is 9.69 Å². The molecule has 1 amide bonds. The lowest BCUT2D eigenvalue weighted by Crippen LogP contribution is -2.56. The van der Waals surface area contributed by atoms with E-state index >= 15 is 0 Å². The van der Waals surface area contributed by atoms with Crippen LogP contribution in [0.25, 0.3) is 0 Å². The van der Waals surface area contributed by atoms with Crippen molar-refractivity contribution in [3.63, 3.8) is 0 Å². The Morgan fingerprint density at radius 3 is 2.66 bits per heavy atom. The molecule has 0 aliphatic carbocycles. The molecule has 1 unspecified atom stereocenters. The summed E-state index contributed by atoms with van der Waals surface area (Å²) in [6.07, 6.45) is 4.15. The molecule has 0 saturated carbocycles. The molecule has 1 aromatic carbocycles. The lowest BCUT2D eigenvalue weighted by Gasteiger charge is -2.38. The monoisotopic (exact) mass is 421 g/mol. The van der Waals surface area contributed by atoms with Crippen LogP contribution in [0.15, 0.2) is 24.3 Å². The molecule has 3 N–H and O–H groups in total. The van der Waals surface area contributed by atoms with Crippen molar-refractivity contribution in [1.29, 1.82) is 0 Å². The van der Waals surface area contributed by atoms with Crippen LogP contribution >= 0.6 is 11.8 Å². The molecule has 6 nitrogen and oxygen atoms in total. The van der Waals surface area contributed by atoms with Gasteiger partial charge in [-0.2, -0.15) is 11.8 Å². The van der Waals surface area contributed by atoms with Crippen molar-refractivity contribution in [2.24, 2.45) is 11.7 Å². The van der Waals surface area contributed by atoms with Gasteiger partial charge < -0.3 is 15.8 Å². The third kappa shape index (κ3) is 6.46. The Morgan fingerprint density at radius 2 is 2.03 bits per heavy atom. The number of ether oxygens (including phenoxy) is 1. The quantitative estimate of drug-likeness (QED) is 0.564. The van der Waals surface area contributed by atoms with Gasteiger partial charge in [0.1, 0.15) is 6.04 Å². The number of hydrogen-bond donors (Lipinski definition) is 2. The lowest BCUT2D eigenvalue weighted by molar-refractivity contribution is -0.146. The van der Waals surface area contributed by atoms with Gasteiger partial charge in [0.05, 0.1) is 13.2 Å². The van der Waals surface area contributed by atoms with Crippen LogP contribution in [0.5, 0.6) is 0 Å². The first-order valence-corrected chi connectivity index (χ1v) is 11.7. The van der Waals surface area contributed by atoms with Crippen LogP contribution in [-0.2, 0) is 27.3 Å². The van der Waals surface area contributed by atoms with E-state index in [-0.39, 0.29) is 18.0 Å². The fourth-order valence-corrected chi connectivity index (χ4v) is 4.15. The van der Waals surface area contributed by atoms with Crippen LogP contribution in [0.4, 0.5) is 0 Å². The van der Waals surface area contributed by atoms with Gasteiger partial charge in [0.15, 0.2) is 0 Å². The predicted molar refractivity (Wildman–Crippen MR) is 119 cm³/mol. The van der Waals surface area contributed by atoms with Crippen molar-refractivity contribution in [3.05, 3.63) is 35.4 Å². The topological polar surface area (TPSA) is 84.7 Å². The molecule has 1 aliphatic rings. The first-order chi connectivity index (χ1) is 13.9. The Labute approximate surface area is 178 Å². The molecule has 1 aliphatic heterocycles. The van der Waals surface area contributed by atoms with E-state index in [1.54, 1.807) is 11.8 Å². The fraction of sp³-hybridized carbons (Fsp3) is 0.636. The molecule has 1 aromatic rings. The molecule has 162 valence electrons. The maximum atomic E-state index is 13.2. The second-order valence-corrected chi connectivity index (χ2v) is 8.82. The molecule has 0 bridgehead atoms. The minimum atomic E-state index is -0.623. The highest BCUT2D eigenvalue weighted by molar-refractivity contribution is 7.98. The summed E-state index contributed by atoms with van der Waals surface area (Å²) in [7, 11) is 1.36. The minimum absolute atomic E-state index is 0.00606. The van der Waals surface area contributed by atoms with E-state index in [4.69, 9.17) is 10.5 Å². The van der Waals surface area contributed by atoms with Crippen LogP contribution in [0.2, 0.25) is 0 Å². The summed E-state index contributed by atoms with van der Waals surface area (Å²) in [5.74, 6) is 0.620. The third-order valence-electron chi connectivity index (χ3n) is 5.88. The van der Waals surface area contributed by atoms with Crippen LogP contribution in [0, 0.1) is 5.92 Å². The molecular weight excluding hydrogens is 386 g/mol. The highest BCUT2D eigenvalue weighted by Crippen LogP contribution is 2.24. The maximum absolute atomic E-state index is 13.2. The Bertz CT molecular complexity index is 685. The number of benzene rings is 1. The maximum Gasteiger partial charge on any atom is 0.328 e. The highest BCUT2D eigenvalue weighted by atomic mass is 32.2. The molecule has 0 saturated heterocycles. The largest absolute Gasteiger partial charge is 0.467 e. The van der Waals surface area contributed by atoms with E-state index in [0.29, 0.717) is 31.8 Å². The van der Waals surface area contributed by atoms with Crippen LogP contribution in [0.1, 0.15) is 37.8 Å². The van der Waals surface area contributed by atoms with Gasteiger partial charge in [-0.25, -0.2) is 4.79 Å². The van der Waals surface area contributed by atoms with Gasteiger partial charge in [0, 0.05) is 19.1 Å². The molecule has 7 heteroatoms. The summed E-state index contributed by atoms with van der Waals surface area (Å²) >= 11 is 1.64. The zero-order valence-electron chi connectivity index (χ0n) is 18.0. The SMILES string of the molecule is CC[C@H](C)[C@H](N)CN1Cc2ccccc2C[C@H]1C(=O)NC(CCSC)C(=O)OC. The summed E-state index contributed by atoms with van der Waals surface area (Å²) in [5.41, 5.74) is 8.84. The van der Waals surface area contributed by atoms with Gasteiger partial charge in [-0.15, -0.1) is 0 Å². The number of rotatable bonds is 10. The number of carbonyl (C=O) groups excluding carboxylic acids is 2. The van der Waals surface area contributed by atoms with E-state index < -0.39 is 12.0 Å². The van der Waals surface area contributed by atoms with Crippen molar-refractivity contribution < 1.29 is 14.3 Å².